The minimum Gasteiger partial charge on any atom is -0.195 e. The van der Waals surface area contributed by atoms with Crippen molar-refractivity contribution in [1.29, 1.82) is 0 Å². The van der Waals surface area contributed by atoms with Gasteiger partial charge in [0.25, 0.3) is 0 Å². The molecule has 76 valence electrons. The van der Waals surface area contributed by atoms with Crippen molar-refractivity contribution in [1.82, 2.24) is 20.2 Å². The Morgan fingerprint density at radius 1 is 1.13 bits per heavy atom. The Kier molecular flexibility index (Phi) is 1.94. The van der Waals surface area contributed by atoms with Gasteiger partial charge >= 0.3 is 0 Å². The van der Waals surface area contributed by atoms with E-state index in [1.54, 1.807) is 4.68 Å². The van der Waals surface area contributed by atoms with Gasteiger partial charge in [-0.15, -0.1) is 28.3 Å². The number of alkyl halides is 2. The molecule has 0 bridgehead atoms. The van der Waals surface area contributed by atoms with Gasteiger partial charge in [0.05, 0.1) is 11.1 Å². The number of hydrogen-bond donors (Lipinski definition) is 0. The largest absolute Gasteiger partial charge is 0.195 e. The predicted octanol–water partition coefficient (Wildman–Crippen LogP) is 2.24. The van der Waals surface area contributed by atoms with E-state index in [1.807, 2.05) is 24.3 Å². The predicted molar refractivity (Wildman–Crippen MR) is 56.3 cm³/mol. The maximum Gasteiger partial charge on any atom is 0.176 e. The quantitative estimate of drug-likeness (QED) is 0.664. The third kappa shape index (κ3) is 1.18. The summed E-state index contributed by atoms with van der Waals surface area (Å²) in [5.74, 6) is 0.593. The number of para-hydroxylation sites is 1. The molecule has 0 amide bonds. The summed E-state index contributed by atoms with van der Waals surface area (Å²) < 4.78 is 1.63. The zero-order valence-corrected chi connectivity index (χ0v) is 9.02. The molecular weight excluding hydrogens is 235 g/mol. The minimum atomic E-state index is -0.392. The van der Waals surface area contributed by atoms with Crippen molar-refractivity contribution in [2.45, 2.75) is 10.8 Å². The van der Waals surface area contributed by atoms with Gasteiger partial charge in [0.15, 0.2) is 5.82 Å². The van der Waals surface area contributed by atoms with E-state index in [0.717, 1.165) is 11.3 Å². The highest BCUT2D eigenvalue weighted by atomic mass is 35.5. The molecule has 0 fully saturated rings. The van der Waals surface area contributed by atoms with Gasteiger partial charge in [-0.3, -0.25) is 0 Å². The van der Waals surface area contributed by atoms with E-state index in [4.69, 9.17) is 23.2 Å². The number of hydrogen-bond acceptors (Lipinski definition) is 3. The molecule has 1 aromatic carbocycles. The molecule has 0 radical (unpaired) electrons. The van der Waals surface area contributed by atoms with Crippen molar-refractivity contribution >= 4 is 23.2 Å². The van der Waals surface area contributed by atoms with Crippen LogP contribution in [0.4, 0.5) is 0 Å². The lowest BCUT2D eigenvalue weighted by atomic mass is 10.0. The SMILES string of the molecule is ClC1c2ccccc2-n2nnnc2C1Cl. The van der Waals surface area contributed by atoms with E-state index in [0.29, 0.717) is 5.82 Å². The van der Waals surface area contributed by atoms with Crippen molar-refractivity contribution < 1.29 is 0 Å². The standard InChI is InChI=1S/C9H6Cl2N4/c10-7-5-3-1-2-4-6(5)15-9(8(7)11)12-13-14-15/h1-4,7-8H. The Morgan fingerprint density at radius 2 is 1.93 bits per heavy atom. The number of nitrogens with zero attached hydrogens (tertiary/aromatic N) is 4. The van der Waals surface area contributed by atoms with E-state index in [2.05, 4.69) is 15.5 Å². The normalized spacial score (nSPS) is 23.3. The summed E-state index contributed by atoms with van der Waals surface area (Å²) in [6.07, 6.45) is 0. The number of aromatic nitrogens is 4. The molecule has 15 heavy (non-hydrogen) atoms. The fourth-order valence-corrected chi connectivity index (χ4v) is 2.31. The molecule has 1 aromatic heterocycles. The maximum absolute atomic E-state index is 6.24. The molecule has 0 saturated carbocycles. The molecule has 0 saturated heterocycles. The summed E-state index contributed by atoms with van der Waals surface area (Å²) >= 11 is 12.4. The van der Waals surface area contributed by atoms with Crippen molar-refractivity contribution in [3.05, 3.63) is 35.7 Å². The maximum atomic E-state index is 6.24. The smallest absolute Gasteiger partial charge is 0.176 e. The summed E-state index contributed by atoms with van der Waals surface area (Å²) in [6, 6.07) is 7.70. The summed E-state index contributed by atoms with van der Waals surface area (Å²) in [4.78, 5) is 0. The highest BCUT2D eigenvalue weighted by Crippen LogP contribution is 2.44. The van der Waals surface area contributed by atoms with Crippen molar-refractivity contribution in [3.63, 3.8) is 0 Å². The summed E-state index contributed by atoms with van der Waals surface area (Å²) in [7, 11) is 0. The molecule has 1 aliphatic rings. The van der Waals surface area contributed by atoms with Gasteiger partial charge in [0, 0.05) is 0 Å². The molecule has 0 spiro atoms. The lowest BCUT2D eigenvalue weighted by Crippen LogP contribution is -2.17. The lowest BCUT2D eigenvalue weighted by molar-refractivity contribution is 0.684. The van der Waals surface area contributed by atoms with Crippen LogP contribution in [0.1, 0.15) is 22.1 Å². The third-order valence-electron chi connectivity index (χ3n) is 2.46. The minimum absolute atomic E-state index is 0.290. The first-order valence-electron chi connectivity index (χ1n) is 4.45. The molecule has 2 aromatic rings. The molecule has 2 heterocycles. The molecule has 2 unspecified atom stereocenters. The second-order valence-electron chi connectivity index (χ2n) is 3.31. The molecular formula is C9H6Cl2N4. The van der Waals surface area contributed by atoms with E-state index in [1.165, 1.54) is 0 Å². The molecule has 4 nitrogen and oxygen atoms in total. The van der Waals surface area contributed by atoms with Gasteiger partial charge in [0.2, 0.25) is 0 Å². The third-order valence-corrected chi connectivity index (χ3v) is 3.52. The molecule has 6 heteroatoms. The molecule has 3 rings (SSSR count). The molecule has 0 aliphatic carbocycles. The highest BCUT2D eigenvalue weighted by molar-refractivity contribution is 6.30. The molecule has 0 N–H and O–H groups in total. The molecule has 2 atom stereocenters. The summed E-state index contributed by atoms with van der Waals surface area (Å²) in [6.45, 7) is 0. The van der Waals surface area contributed by atoms with Crippen molar-refractivity contribution in [2.75, 3.05) is 0 Å². The first kappa shape index (κ1) is 9.12. The Bertz CT molecular complexity index is 510. The fraction of sp³-hybridized carbons (Fsp3) is 0.222. The van der Waals surface area contributed by atoms with Crippen molar-refractivity contribution in [3.8, 4) is 5.69 Å². The van der Waals surface area contributed by atoms with Crippen LogP contribution in [0.25, 0.3) is 5.69 Å². The van der Waals surface area contributed by atoms with Crippen LogP contribution in [-0.2, 0) is 0 Å². The monoisotopic (exact) mass is 240 g/mol. The van der Waals surface area contributed by atoms with Gasteiger partial charge in [-0.05, 0) is 22.1 Å². The summed E-state index contributed by atoms with van der Waals surface area (Å²) in [5, 5.41) is 10.7. The number of halogens is 2. The molecule has 1 aliphatic heterocycles. The van der Waals surface area contributed by atoms with Crippen LogP contribution in [0.5, 0.6) is 0 Å². The zero-order chi connectivity index (χ0) is 10.4. The van der Waals surface area contributed by atoms with Gasteiger partial charge in [-0.2, -0.15) is 4.68 Å². The van der Waals surface area contributed by atoms with Gasteiger partial charge < -0.3 is 0 Å². The van der Waals surface area contributed by atoms with Crippen LogP contribution in [0.2, 0.25) is 0 Å². The number of fused-ring (bicyclic) bond motifs is 3. The van der Waals surface area contributed by atoms with Crippen LogP contribution in [-0.4, -0.2) is 20.2 Å². The van der Waals surface area contributed by atoms with Gasteiger partial charge in [-0.25, -0.2) is 0 Å². The van der Waals surface area contributed by atoms with E-state index in [9.17, 15) is 0 Å². The van der Waals surface area contributed by atoms with Crippen LogP contribution in [0.3, 0.4) is 0 Å². The van der Waals surface area contributed by atoms with Crippen LogP contribution in [0.15, 0.2) is 24.3 Å². The highest BCUT2D eigenvalue weighted by Gasteiger charge is 2.33. The van der Waals surface area contributed by atoms with E-state index < -0.39 is 5.38 Å². The van der Waals surface area contributed by atoms with E-state index in [-0.39, 0.29) is 5.38 Å². The lowest BCUT2D eigenvalue weighted by Gasteiger charge is -2.24. The van der Waals surface area contributed by atoms with Crippen LogP contribution >= 0.6 is 23.2 Å². The zero-order valence-electron chi connectivity index (χ0n) is 7.51. The van der Waals surface area contributed by atoms with Gasteiger partial charge in [-0.1, -0.05) is 18.2 Å². The van der Waals surface area contributed by atoms with Crippen LogP contribution < -0.4 is 0 Å². The second kappa shape index (κ2) is 3.18. The Hall–Kier alpha value is -1.13. The van der Waals surface area contributed by atoms with Crippen molar-refractivity contribution in [2.24, 2.45) is 0 Å². The van der Waals surface area contributed by atoms with E-state index >= 15 is 0 Å². The number of tetrazole rings is 1. The fourth-order valence-electron chi connectivity index (χ4n) is 1.74. The number of benzene rings is 1. The van der Waals surface area contributed by atoms with Crippen LogP contribution in [0, 0.1) is 0 Å². The Labute approximate surface area is 95.8 Å². The average Bonchev–Trinajstić information content (AvgIpc) is 2.75. The topological polar surface area (TPSA) is 43.6 Å². The summed E-state index contributed by atoms with van der Waals surface area (Å²) in [5.41, 5.74) is 1.85. The number of rotatable bonds is 0. The first-order valence-corrected chi connectivity index (χ1v) is 5.32. The average molecular weight is 241 g/mol. The van der Waals surface area contributed by atoms with Gasteiger partial charge in [0.1, 0.15) is 5.38 Å². The Balaban J connectivity index is 2.32. The second-order valence-corrected chi connectivity index (χ2v) is 4.25. The Morgan fingerprint density at radius 3 is 2.80 bits per heavy atom. The first-order chi connectivity index (χ1) is 7.29.